The van der Waals surface area contributed by atoms with Crippen LogP contribution in [0.1, 0.15) is 19.0 Å². The number of benzene rings is 1. The van der Waals surface area contributed by atoms with Crippen LogP contribution >= 0.6 is 22.9 Å². The molecule has 2 rings (SSSR count). The minimum absolute atomic E-state index is 0.759. The van der Waals surface area contributed by atoms with Crippen molar-refractivity contribution < 1.29 is 0 Å². The predicted octanol–water partition coefficient (Wildman–Crippen LogP) is 3.96. The summed E-state index contributed by atoms with van der Waals surface area (Å²) in [5.41, 5.74) is 2.23. The highest BCUT2D eigenvalue weighted by Gasteiger charge is 2.04. The zero-order valence-electron chi connectivity index (χ0n) is 9.74. The minimum atomic E-state index is 0.759. The summed E-state index contributed by atoms with van der Waals surface area (Å²) >= 11 is 7.53. The molecule has 0 unspecified atom stereocenters. The van der Waals surface area contributed by atoms with Crippen molar-refractivity contribution in [2.75, 3.05) is 6.54 Å². The molecule has 1 heterocycles. The summed E-state index contributed by atoms with van der Waals surface area (Å²) in [6, 6.07) is 7.80. The predicted molar refractivity (Wildman–Crippen MR) is 74.6 cm³/mol. The zero-order chi connectivity index (χ0) is 12.1. The van der Waals surface area contributed by atoms with Gasteiger partial charge in [-0.15, -0.1) is 11.3 Å². The van der Waals surface area contributed by atoms with Gasteiger partial charge in [-0.2, -0.15) is 0 Å². The molecule has 0 radical (unpaired) electrons. The molecule has 0 saturated carbocycles. The van der Waals surface area contributed by atoms with Gasteiger partial charge in [0, 0.05) is 22.5 Å². The summed E-state index contributed by atoms with van der Waals surface area (Å²) in [7, 11) is 0. The highest BCUT2D eigenvalue weighted by Crippen LogP contribution is 2.24. The van der Waals surface area contributed by atoms with E-state index >= 15 is 0 Å². The summed E-state index contributed by atoms with van der Waals surface area (Å²) in [4.78, 5) is 4.59. The largest absolute Gasteiger partial charge is 0.311 e. The molecule has 0 fully saturated rings. The van der Waals surface area contributed by atoms with E-state index in [-0.39, 0.29) is 0 Å². The second kappa shape index (κ2) is 6.15. The molecule has 2 nitrogen and oxygen atoms in total. The van der Waals surface area contributed by atoms with E-state index in [1.54, 1.807) is 11.3 Å². The van der Waals surface area contributed by atoms with E-state index in [0.29, 0.717) is 0 Å². The Balaban J connectivity index is 2.04. The van der Waals surface area contributed by atoms with E-state index in [2.05, 4.69) is 22.6 Å². The van der Waals surface area contributed by atoms with Gasteiger partial charge in [-0.25, -0.2) is 4.98 Å². The summed E-state index contributed by atoms with van der Waals surface area (Å²) in [5.74, 6) is 0. The van der Waals surface area contributed by atoms with Crippen LogP contribution in [0.4, 0.5) is 0 Å². The van der Waals surface area contributed by atoms with Gasteiger partial charge >= 0.3 is 0 Å². The van der Waals surface area contributed by atoms with Crippen molar-refractivity contribution in [3.05, 3.63) is 40.4 Å². The van der Waals surface area contributed by atoms with Gasteiger partial charge in [0.15, 0.2) is 0 Å². The van der Waals surface area contributed by atoms with Gasteiger partial charge in [0.1, 0.15) is 5.01 Å². The van der Waals surface area contributed by atoms with E-state index in [0.717, 1.165) is 40.8 Å². The first-order chi connectivity index (χ1) is 8.29. The van der Waals surface area contributed by atoms with Gasteiger partial charge in [-0.1, -0.05) is 30.7 Å². The molecular weight excluding hydrogens is 252 g/mol. The van der Waals surface area contributed by atoms with E-state index < -0.39 is 0 Å². The van der Waals surface area contributed by atoms with Crippen LogP contribution in [0.5, 0.6) is 0 Å². The lowest BCUT2D eigenvalue weighted by atomic mass is 10.2. The van der Waals surface area contributed by atoms with Gasteiger partial charge in [-0.3, -0.25) is 0 Å². The molecule has 0 amide bonds. The van der Waals surface area contributed by atoms with Crippen molar-refractivity contribution in [1.29, 1.82) is 0 Å². The van der Waals surface area contributed by atoms with E-state index in [1.165, 1.54) is 0 Å². The van der Waals surface area contributed by atoms with Crippen LogP contribution in [-0.2, 0) is 6.54 Å². The smallest absolute Gasteiger partial charge is 0.123 e. The standard InChI is InChI=1S/C13H15ClN2S/c1-2-7-15-8-12-9-17-13(16-12)10-3-5-11(14)6-4-10/h3-6,9,15H,2,7-8H2,1H3. The van der Waals surface area contributed by atoms with Crippen LogP contribution in [0.25, 0.3) is 10.6 Å². The third kappa shape index (κ3) is 3.53. The van der Waals surface area contributed by atoms with Gasteiger partial charge in [-0.05, 0) is 25.1 Å². The van der Waals surface area contributed by atoms with Gasteiger partial charge in [0.05, 0.1) is 5.69 Å². The Bertz CT molecular complexity index is 465. The van der Waals surface area contributed by atoms with Crippen molar-refractivity contribution in [3.8, 4) is 10.6 Å². The maximum absolute atomic E-state index is 5.86. The van der Waals surface area contributed by atoms with Crippen molar-refractivity contribution >= 4 is 22.9 Å². The third-order valence-electron chi connectivity index (χ3n) is 2.38. The van der Waals surface area contributed by atoms with Crippen LogP contribution in [0.15, 0.2) is 29.6 Å². The first-order valence-electron chi connectivity index (χ1n) is 5.70. The average Bonchev–Trinajstić information content (AvgIpc) is 2.79. The fourth-order valence-corrected chi connectivity index (χ4v) is 2.46. The molecule has 90 valence electrons. The maximum Gasteiger partial charge on any atom is 0.123 e. The highest BCUT2D eigenvalue weighted by molar-refractivity contribution is 7.13. The van der Waals surface area contributed by atoms with Crippen molar-refractivity contribution in [2.24, 2.45) is 0 Å². The minimum Gasteiger partial charge on any atom is -0.311 e. The summed E-state index contributed by atoms with van der Waals surface area (Å²) in [5, 5.41) is 7.26. The van der Waals surface area contributed by atoms with Gasteiger partial charge in [0.2, 0.25) is 0 Å². The monoisotopic (exact) mass is 266 g/mol. The fraction of sp³-hybridized carbons (Fsp3) is 0.308. The molecular formula is C13H15ClN2S. The number of halogens is 1. The van der Waals surface area contributed by atoms with Crippen LogP contribution in [-0.4, -0.2) is 11.5 Å². The molecule has 0 aliphatic heterocycles. The molecule has 0 spiro atoms. The molecule has 0 atom stereocenters. The topological polar surface area (TPSA) is 24.9 Å². The first kappa shape index (κ1) is 12.6. The Labute approximate surface area is 111 Å². The molecule has 0 aliphatic carbocycles. The number of nitrogens with one attached hydrogen (secondary N) is 1. The van der Waals surface area contributed by atoms with Gasteiger partial charge < -0.3 is 5.32 Å². The van der Waals surface area contributed by atoms with E-state index in [1.807, 2.05) is 24.3 Å². The molecule has 1 N–H and O–H groups in total. The molecule has 1 aromatic carbocycles. The van der Waals surface area contributed by atoms with Crippen molar-refractivity contribution in [3.63, 3.8) is 0 Å². The highest BCUT2D eigenvalue weighted by atomic mass is 35.5. The second-order valence-corrected chi connectivity index (χ2v) is 5.12. The number of rotatable bonds is 5. The quantitative estimate of drug-likeness (QED) is 0.829. The Hall–Kier alpha value is -0.900. The number of nitrogens with zero attached hydrogens (tertiary/aromatic N) is 1. The Morgan fingerprint density at radius 1 is 1.29 bits per heavy atom. The lowest BCUT2D eigenvalue weighted by Gasteiger charge is -1.98. The molecule has 0 bridgehead atoms. The zero-order valence-corrected chi connectivity index (χ0v) is 11.3. The number of thiazole rings is 1. The van der Waals surface area contributed by atoms with Crippen molar-refractivity contribution in [2.45, 2.75) is 19.9 Å². The van der Waals surface area contributed by atoms with Gasteiger partial charge in [0.25, 0.3) is 0 Å². The second-order valence-electron chi connectivity index (χ2n) is 3.83. The molecule has 0 saturated heterocycles. The maximum atomic E-state index is 5.86. The molecule has 0 aliphatic rings. The number of hydrogen-bond donors (Lipinski definition) is 1. The van der Waals surface area contributed by atoms with Crippen LogP contribution in [0.3, 0.4) is 0 Å². The lowest BCUT2D eigenvalue weighted by Crippen LogP contribution is -2.13. The Kier molecular flexibility index (Phi) is 4.54. The van der Waals surface area contributed by atoms with Crippen LogP contribution < -0.4 is 5.32 Å². The summed E-state index contributed by atoms with van der Waals surface area (Å²) < 4.78 is 0. The summed E-state index contributed by atoms with van der Waals surface area (Å²) in [6.07, 6.45) is 1.15. The average molecular weight is 267 g/mol. The Morgan fingerprint density at radius 2 is 2.06 bits per heavy atom. The SMILES string of the molecule is CCCNCc1csc(-c2ccc(Cl)cc2)n1. The molecule has 1 aromatic heterocycles. The first-order valence-corrected chi connectivity index (χ1v) is 6.96. The fourth-order valence-electron chi connectivity index (χ4n) is 1.51. The summed E-state index contributed by atoms with van der Waals surface area (Å²) in [6.45, 7) is 4.04. The Morgan fingerprint density at radius 3 is 2.76 bits per heavy atom. The van der Waals surface area contributed by atoms with Crippen molar-refractivity contribution in [1.82, 2.24) is 10.3 Å². The van der Waals surface area contributed by atoms with Crippen LogP contribution in [0, 0.1) is 0 Å². The molecule has 2 aromatic rings. The molecule has 17 heavy (non-hydrogen) atoms. The number of hydrogen-bond acceptors (Lipinski definition) is 3. The third-order valence-corrected chi connectivity index (χ3v) is 3.57. The molecule has 4 heteroatoms. The van der Waals surface area contributed by atoms with Crippen LogP contribution in [0.2, 0.25) is 5.02 Å². The normalized spacial score (nSPS) is 10.7. The van der Waals surface area contributed by atoms with E-state index in [9.17, 15) is 0 Å². The van der Waals surface area contributed by atoms with E-state index in [4.69, 9.17) is 11.6 Å². The lowest BCUT2D eigenvalue weighted by molar-refractivity contribution is 0.667. The number of aromatic nitrogens is 1.